The second kappa shape index (κ2) is 2.07. The van der Waals surface area contributed by atoms with Crippen LogP contribution in [0.2, 0.25) is 0 Å². The maximum absolute atomic E-state index is 11.7. The molecule has 0 aliphatic carbocycles. The maximum atomic E-state index is 11.7. The minimum atomic E-state index is 0.0631. The molecule has 1 aliphatic rings. The van der Waals surface area contributed by atoms with Gasteiger partial charge >= 0.3 is 0 Å². The third kappa shape index (κ3) is 0.685. The number of ketones is 1. The first-order valence-electron chi connectivity index (χ1n) is 4.04. The summed E-state index contributed by atoms with van der Waals surface area (Å²) in [5, 5.41) is 0. The van der Waals surface area contributed by atoms with Crippen molar-refractivity contribution in [1.29, 1.82) is 0 Å². The molecule has 1 aliphatic heterocycles. The molecule has 0 radical (unpaired) electrons. The molecule has 0 saturated heterocycles. The lowest BCUT2D eigenvalue weighted by molar-refractivity contribution is 0.104. The van der Waals surface area contributed by atoms with Crippen molar-refractivity contribution in [2.75, 3.05) is 0 Å². The van der Waals surface area contributed by atoms with Crippen molar-refractivity contribution < 1.29 is 4.79 Å². The van der Waals surface area contributed by atoms with Gasteiger partial charge in [0.15, 0.2) is 0 Å². The Hall–Kier alpha value is -1.90. The van der Waals surface area contributed by atoms with Crippen molar-refractivity contribution in [2.24, 2.45) is 0 Å². The normalized spacial score (nSPS) is 12.8. The second-order valence-electron chi connectivity index (χ2n) is 3.00. The zero-order valence-electron chi connectivity index (χ0n) is 6.77. The average molecular weight is 170 g/mol. The van der Waals surface area contributed by atoms with E-state index in [0.717, 1.165) is 11.3 Å². The molecule has 0 atom stereocenters. The van der Waals surface area contributed by atoms with Gasteiger partial charge in [0.25, 0.3) is 0 Å². The van der Waals surface area contributed by atoms with E-state index in [4.69, 9.17) is 0 Å². The van der Waals surface area contributed by atoms with Gasteiger partial charge in [0, 0.05) is 5.56 Å². The van der Waals surface area contributed by atoms with Crippen molar-refractivity contribution in [1.82, 2.24) is 9.55 Å². The molecule has 0 bridgehead atoms. The van der Waals surface area contributed by atoms with Crippen LogP contribution in [-0.4, -0.2) is 15.3 Å². The second-order valence-corrected chi connectivity index (χ2v) is 3.00. The Morgan fingerprint density at radius 2 is 2.08 bits per heavy atom. The quantitative estimate of drug-likeness (QED) is 0.511. The van der Waals surface area contributed by atoms with Crippen LogP contribution in [0.4, 0.5) is 0 Å². The van der Waals surface area contributed by atoms with Crippen LogP contribution in [0.5, 0.6) is 0 Å². The largest absolute Gasteiger partial charge is 0.295 e. The van der Waals surface area contributed by atoms with E-state index < -0.39 is 0 Å². The first-order chi connectivity index (χ1) is 6.38. The van der Waals surface area contributed by atoms with Crippen LogP contribution in [-0.2, 0) is 0 Å². The smallest absolute Gasteiger partial charge is 0.213 e. The standard InChI is InChI=1S/C10H6N2O/c13-10-7-3-1-2-4-8(7)12-6-11-5-9(10)12/h1-6H. The molecule has 62 valence electrons. The highest BCUT2D eigenvalue weighted by Crippen LogP contribution is 2.26. The van der Waals surface area contributed by atoms with E-state index in [1.54, 1.807) is 12.5 Å². The number of carbonyl (C=O) groups excluding carboxylic acids is 1. The molecule has 2 heterocycles. The highest BCUT2D eigenvalue weighted by atomic mass is 16.1. The van der Waals surface area contributed by atoms with Gasteiger partial charge in [-0.3, -0.25) is 9.36 Å². The van der Waals surface area contributed by atoms with Crippen molar-refractivity contribution in [2.45, 2.75) is 0 Å². The lowest BCUT2D eigenvalue weighted by Crippen LogP contribution is -1.93. The van der Waals surface area contributed by atoms with Crippen LogP contribution >= 0.6 is 0 Å². The van der Waals surface area contributed by atoms with Gasteiger partial charge in [-0.1, -0.05) is 12.1 Å². The molecule has 0 fully saturated rings. The van der Waals surface area contributed by atoms with Crippen molar-refractivity contribution in [3.63, 3.8) is 0 Å². The number of rotatable bonds is 0. The van der Waals surface area contributed by atoms with Crippen LogP contribution < -0.4 is 0 Å². The van der Waals surface area contributed by atoms with Gasteiger partial charge in [0.1, 0.15) is 5.69 Å². The molecule has 0 saturated carbocycles. The number of imidazole rings is 1. The average Bonchev–Trinajstić information content (AvgIpc) is 2.72. The van der Waals surface area contributed by atoms with Crippen LogP contribution in [0.1, 0.15) is 16.1 Å². The predicted molar refractivity (Wildman–Crippen MR) is 47.0 cm³/mol. The van der Waals surface area contributed by atoms with Gasteiger partial charge in [-0.15, -0.1) is 0 Å². The van der Waals surface area contributed by atoms with Gasteiger partial charge in [-0.25, -0.2) is 4.98 Å². The number of hydrogen-bond donors (Lipinski definition) is 0. The van der Waals surface area contributed by atoms with Gasteiger partial charge in [-0.2, -0.15) is 0 Å². The Kier molecular flexibility index (Phi) is 1.05. The van der Waals surface area contributed by atoms with E-state index >= 15 is 0 Å². The first-order valence-corrected chi connectivity index (χ1v) is 4.04. The molecular weight excluding hydrogens is 164 g/mol. The molecule has 13 heavy (non-hydrogen) atoms. The third-order valence-electron chi connectivity index (χ3n) is 2.28. The highest BCUT2D eigenvalue weighted by molar-refractivity contribution is 6.13. The number of hydrogen-bond acceptors (Lipinski definition) is 2. The fourth-order valence-electron chi connectivity index (χ4n) is 1.67. The fourth-order valence-corrected chi connectivity index (χ4v) is 1.67. The molecule has 0 spiro atoms. The summed E-state index contributed by atoms with van der Waals surface area (Å²) >= 11 is 0. The maximum Gasteiger partial charge on any atom is 0.213 e. The monoisotopic (exact) mass is 170 g/mol. The molecule has 3 nitrogen and oxygen atoms in total. The van der Waals surface area contributed by atoms with E-state index in [1.807, 2.05) is 28.8 Å². The van der Waals surface area contributed by atoms with E-state index in [1.165, 1.54) is 0 Å². The summed E-state index contributed by atoms with van der Waals surface area (Å²) in [6.45, 7) is 0. The van der Waals surface area contributed by atoms with Gasteiger partial charge in [0.2, 0.25) is 5.78 Å². The van der Waals surface area contributed by atoms with Crippen LogP contribution in [0.25, 0.3) is 5.69 Å². The number of para-hydroxylation sites is 1. The van der Waals surface area contributed by atoms with E-state index in [-0.39, 0.29) is 5.78 Å². The number of aromatic nitrogens is 2. The summed E-state index contributed by atoms with van der Waals surface area (Å²) in [6, 6.07) is 7.55. The third-order valence-corrected chi connectivity index (χ3v) is 2.28. The molecule has 1 aromatic carbocycles. The molecular formula is C10H6N2O. The lowest BCUT2D eigenvalue weighted by atomic mass is 10.1. The Morgan fingerprint density at radius 1 is 1.23 bits per heavy atom. The molecule has 1 aromatic heterocycles. The Labute approximate surface area is 74.6 Å². The topological polar surface area (TPSA) is 34.9 Å². The summed E-state index contributed by atoms with van der Waals surface area (Å²) < 4.78 is 1.82. The zero-order valence-corrected chi connectivity index (χ0v) is 6.77. The van der Waals surface area contributed by atoms with Crippen LogP contribution in [0, 0.1) is 0 Å². The van der Waals surface area contributed by atoms with Crippen molar-refractivity contribution in [3.05, 3.63) is 48.0 Å². The van der Waals surface area contributed by atoms with Crippen molar-refractivity contribution >= 4 is 5.78 Å². The SMILES string of the molecule is O=C1c2ccccc2-n2cncc21. The van der Waals surface area contributed by atoms with Gasteiger partial charge in [-0.05, 0) is 12.1 Å². The minimum absolute atomic E-state index is 0.0631. The van der Waals surface area contributed by atoms with E-state index in [2.05, 4.69) is 4.98 Å². The number of benzene rings is 1. The predicted octanol–water partition coefficient (Wildman–Crippen LogP) is 1.42. The van der Waals surface area contributed by atoms with E-state index in [9.17, 15) is 4.79 Å². The Bertz CT molecular complexity index is 499. The molecule has 0 amide bonds. The zero-order chi connectivity index (χ0) is 8.84. The first kappa shape index (κ1) is 6.60. The fraction of sp³-hybridized carbons (Fsp3) is 0. The summed E-state index contributed by atoms with van der Waals surface area (Å²) in [6.07, 6.45) is 3.27. The molecule has 0 unspecified atom stereocenters. The summed E-state index contributed by atoms with van der Waals surface area (Å²) in [5.74, 6) is 0.0631. The van der Waals surface area contributed by atoms with Crippen LogP contribution in [0.15, 0.2) is 36.8 Å². The van der Waals surface area contributed by atoms with Crippen LogP contribution in [0.3, 0.4) is 0 Å². The summed E-state index contributed by atoms with van der Waals surface area (Å²) in [4.78, 5) is 15.6. The minimum Gasteiger partial charge on any atom is -0.295 e. The Balaban J connectivity index is 2.43. The molecule has 3 heteroatoms. The molecule has 0 N–H and O–H groups in total. The number of nitrogens with zero attached hydrogens (tertiary/aromatic N) is 2. The van der Waals surface area contributed by atoms with Gasteiger partial charge < -0.3 is 0 Å². The van der Waals surface area contributed by atoms with Crippen molar-refractivity contribution in [3.8, 4) is 5.69 Å². The number of fused-ring (bicyclic) bond motifs is 3. The Morgan fingerprint density at radius 3 is 3.00 bits per heavy atom. The lowest BCUT2D eigenvalue weighted by Gasteiger charge is -1.97. The summed E-state index contributed by atoms with van der Waals surface area (Å²) in [7, 11) is 0. The summed E-state index contributed by atoms with van der Waals surface area (Å²) in [5.41, 5.74) is 2.35. The highest BCUT2D eigenvalue weighted by Gasteiger charge is 2.25. The molecule has 3 rings (SSSR count). The van der Waals surface area contributed by atoms with E-state index in [0.29, 0.717) is 5.69 Å². The van der Waals surface area contributed by atoms with Gasteiger partial charge in [0.05, 0.1) is 18.2 Å². The molecule has 2 aromatic rings. The number of carbonyl (C=O) groups is 1.